The molecule has 0 saturated carbocycles. The van der Waals surface area contributed by atoms with E-state index in [1.54, 1.807) is 6.07 Å². The Morgan fingerprint density at radius 3 is 2.42 bits per heavy atom. The summed E-state index contributed by atoms with van der Waals surface area (Å²) in [4.78, 5) is 10.3. The lowest BCUT2D eigenvalue weighted by molar-refractivity contribution is -0.385. The Bertz CT molecular complexity index is 663. The van der Waals surface area contributed by atoms with Crippen molar-refractivity contribution in [3.63, 3.8) is 0 Å². The highest BCUT2D eigenvalue weighted by molar-refractivity contribution is 5.59. The van der Waals surface area contributed by atoms with E-state index in [9.17, 15) is 10.1 Å². The van der Waals surface area contributed by atoms with E-state index in [0.29, 0.717) is 5.69 Å². The Hall–Kier alpha value is -2.81. The van der Waals surface area contributed by atoms with Crippen LogP contribution in [-0.4, -0.2) is 9.60 Å². The fourth-order valence-corrected chi connectivity index (χ4v) is 1.82. The normalized spacial score (nSPS) is 9.95. The molecule has 0 bridgehead atoms. The van der Waals surface area contributed by atoms with Gasteiger partial charge in [-0.3, -0.25) is 20.2 Å². The zero-order chi connectivity index (χ0) is 14.0. The van der Waals surface area contributed by atoms with Crippen LogP contribution in [0, 0.1) is 35.3 Å². The van der Waals surface area contributed by atoms with Crippen molar-refractivity contribution in [3.8, 4) is 6.07 Å². The molecule has 0 unspecified atom stereocenters. The highest BCUT2D eigenvalue weighted by atomic mass is 16.6. The minimum Gasteiger partial charge on any atom is -0.294 e. The first kappa shape index (κ1) is 12.6. The number of nitriles is 1. The molecule has 2 rings (SSSR count). The second-order valence-corrected chi connectivity index (χ2v) is 4.16. The lowest BCUT2D eigenvalue weighted by Gasteiger charge is -2.12. The summed E-state index contributed by atoms with van der Waals surface area (Å²) in [5, 5.41) is 19.7. The van der Waals surface area contributed by atoms with E-state index in [1.165, 1.54) is 12.1 Å². The summed E-state index contributed by atoms with van der Waals surface area (Å²) >= 11 is 0. The molecule has 1 aromatic heterocycles. The number of benzene rings is 1. The van der Waals surface area contributed by atoms with Gasteiger partial charge in [0, 0.05) is 17.5 Å². The minimum absolute atomic E-state index is 0.0523. The topological polar surface area (TPSA) is 83.9 Å². The molecule has 0 amide bonds. The number of nitro benzene ring substituents is 1. The van der Waals surface area contributed by atoms with Crippen LogP contribution in [0.15, 0.2) is 30.3 Å². The summed E-state index contributed by atoms with van der Waals surface area (Å²) in [6, 6.07) is 10.1. The van der Waals surface area contributed by atoms with Gasteiger partial charge in [0.05, 0.1) is 10.6 Å². The largest absolute Gasteiger partial charge is 0.294 e. The van der Waals surface area contributed by atoms with Gasteiger partial charge in [-0.2, -0.15) is 5.26 Å². The van der Waals surface area contributed by atoms with Crippen molar-refractivity contribution < 1.29 is 4.92 Å². The van der Waals surface area contributed by atoms with Gasteiger partial charge in [-0.15, -0.1) is 0 Å². The number of nitrogens with one attached hydrogen (secondary N) is 1. The molecular weight excluding hydrogens is 244 g/mol. The Balaban J connectivity index is 2.40. The van der Waals surface area contributed by atoms with E-state index in [-0.39, 0.29) is 11.3 Å². The van der Waals surface area contributed by atoms with Crippen LogP contribution < -0.4 is 5.43 Å². The van der Waals surface area contributed by atoms with E-state index >= 15 is 0 Å². The molecule has 0 atom stereocenters. The van der Waals surface area contributed by atoms with E-state index in [0.717, 1.165) is 11.4 Å². The lowest BCUT2D eigenvalue weighted by Crippen LogP contribution is -2.12. The first-order valence-corrected chi connectivity index (χ1v) is 5.63. The quantitative estimate of drug-likeness (QED) is 0.676. The molecule has 2 aromatic rings. The van der Waals surface area contributed by atoms with Gasteiger partial charge in [0.25, 0.3) is 5.69 Å². The number of nitro groups is 1. The Kier molecular flexibility index (Phi) is 3.21. The molecule has 1 N–H and O–H groups in total. The Morgan fingerprint density at radius 2 is 1.89 bits per heavy atom. The molecule has 96 valence electrons. The lowest BCUT2D eigenvalue weighted by atomic mass is 10.2. The number of rotatable bonds is 3. The minimum atomic E-state index is -0.556. The second-order valence-electron chi connectivity index (χ2n) is 4.16. The van der Waals surface area contributed by atoms with E-state index in [1.807, 2.05) is 36.7 Å². The number of anilines is 1. The Labute approximate surface area is 110 Å². The molecule has 19 heavy (non-hydrogen) atoms. The summed E-state index contributed by atoms with van der Waals surface area (Å²) in [5.74, 6) is 0. The first-order chi connectivity index (χ1) is 9.02. The number of hydrogen-bond acceptors (Lipinski definition) is 4. The fourth-order valence-electron chi connectivity index (χ4n) is 1.82. The van der Waals surface area contributed by atoms with Gasteiger partial charge >= 0.3 is 0 Å². The van der Waals surface area contributed by atoms with Gasteiger partial charge in [0.1, 0.15) is 11.6 Å². The molecule has 6 nitrogen and oxygen atoms in total. The molecule has 0 radical (unpaired) electrons. The van der Waals surface area contributed by atoms with Gasteiger partial charge in [0.15, 0.2) is 0 Å². The van der Waals surface area contributed by atoms with E-state index < -0.39 is 4.92 Å². The van der Waals surface area contributed by atoms with Crippen LogP contribution in [0.2, 0.25) is 0 Å². The van der Waals surface area contributed by atoms with Crippen molar-refractivity contribution >= 4 is 11.4 Å². The molecule has 0 fully saturated rings. The van der Waals surface area contributed by atoms with Crippen LogP contribution in [0.25, 0.3) is 0 Å². The van der Waals surface area contributed by atoms with Crippen molar-refractivity contribution in [1.82, 2.24) is 4.68 Å². The number of hydrogen-bond donors (Lipinski definition) is 1. The average Bonchev–Trinajstić information content (AvgIpc) is 2.70. The van der Waals surface area contributed by atoms with Crippen LogP contribution >= 0.6 is 0 Å². The molecule has 1 aromatic carbocycles. The van der Waals surface area contributed by atoms with Crippen LogP contribution in [0.4, 0.5) is 11.4 Å². The van der Waals surface area contributed by atoms with Crippen LogP contribution in [0.1, 0.15) is 17.0 Å². The number of aromatic nitrogens is 1. The third-order valence-electron chi connectivity index (χ3n) is 2.83. The van der Waals surface area contributed by atoms with Gasteiger partial charge in [0.2, 0.25) is 0 Å². The average molecular weight is 256 g/mol. The van der Waals surface area contributed by atoms with Crippen molar-refractivity contribution in [2.45, 2.75) is 13.8 Å². The molecule has 1 heterocycles. The molecule has 6 heteroatoms. The smallest absolute Gasteiger partial charge is 0.289 e. The molecular formula is C13H12N4O2. The predicted molar refractivity (Wildman–Crippen MR) is 70.7 cm³/mol. The van der Waals surface area contributed by atoms with Gasteiger partial charge in [-0.1, -0.05) is 0 Å². The maximum absolute atomic E-state index is 10.9. The van der Waals surface area contributed by atoms with Crippen molar-refractivity contribution in [2.24, 2.45) is 0 Å². The van der Waals surface area contributed by atoms with Gasteiger partial charge in [-0.25, -0.2) is 0 Å². The highest BCUT2D eigenvalue weighted by Gasteiger charge is 2.14. The Morgan fingerprint density at radius 1 is 1.26 bits per heavy atom. The molecule has 0 saturated heterocycles. The maximum atomic E-state index is 10.9. The second kappa shape index (κ2) is 4.82. The monoisotopic (exact) mass is 256 g/mol. The molecule has 0 spiro atoms. The van der Waals surface area contributed by atoms with E-state index in [4.69, 9.17) is 5.26 Å². The summed E-state index contributed by atoms with van der Waals surface area (Å²) in [5.41, 5.74) is 5.47. The predicted octanol–water partition coefficient (Wildman–Crippen LogP) is 2.76. The summed E-state index contributed by atoms with van der Waals surface area (Å²) in [6.45, 7) is 3.86. The van der Waals surface area contributed by atoms with Crippen LogP contribution in [-0.2, 0) is 0 Å². The number of aryl methyl sites for hydroxylation is 2. The van der Waals surface area contributed by atoms with Crippen LogP contribution in [0.5, 0.6) is 0 Å². The molecule has 0 aliphatic heterocycles. The van der Waals surface area contributed by atoms with Gasteiger partial charge < -0.3 is 0 Å². The fraction of sp³-hybridized carbons (Fsp3) is 0.154. The standard InChI is InChI=1S/C13H12N4O2/c1-9-3-4-10(2)16(9)15-12-6-5-11(8-14)13(7-12)17(18)19/h3-7,15H,1-2H3. The van der Waals surface area contributed by atoms with Crippen LogP contribution in [0.3, 0.4) is 0 Å². The summed E-state index contributed by atoms with van der Waals surface area (Å²) < 4.78 is 1.82. The summed E-state index contributed by atoms with van der Waals surface area (Å²) in [6.07, 6.45) is 0. The van der Waals surface area contributed by atoms with Crippen molar-refractivity contribution in [3.05, 3.63) is 57.4 Å². The first-order valence-electron chi connectivity index (χ1n) is 5.63. The zero-order valence-electron chi connectivity index (χ0n) is 10.5. The SMILES string of the molecule is Cc1ccc(C)n1Nc1ccc(C#N)c([N+](=O)[O-])c1. The maximum Gasteiger partial charge on any atom is 0.289 e. The van der Waals surface area contributed by atoms with Gasteiger partial charge in [-0.05, 0) is 38.1 Å². The van der Waals surface area contributed by atoms with E-state index in [2.05, 4.69) is 5.43 Å². The third kappa shape index (κ3) is 2.40. The number of nitrogens with zero attached hydrogens (tertiary/aromatic N) is 3. The third-order valence-corrected chi connectivity index (χ3v) is 2.83. The molecule has 0 aliphatic rings. The van der Waals surface area contributed by atoms with Crippen molar-refractivity contribution in [2.75, 3.05) is 5.43 Å². The summed E-state index contributed by atoms with van der Waals surface area (Å²) in [7, 11) is 0. The van der Waals surface area contributed by atoms with Crippen molar-refractivity contribution in [1.29, 1.82) is 5.26 Å². The highest BCUT2D eigenvalue weighted by Crippen LogP contribution is 2.23. The molecule has 0 aliphatic carbocycles. The zero-order valence-corrected chi connectivity index (χ0v) is 10.5.